The van der Waals surface area contributed by atoms with Gasteiger partial charge in [-0.05, 0) is 44.9 Å². The highest BCUT2D eigenvalue weighted by molar-refractivity contribution is 5.96. The van der Waals surface area contributed by atoms with Crippen molar-refractivity contribution in [1.29, 1.82) is 0 Å². The highest BCUT2D eigenvalue weighted by Crippen LogP contribution is 2.38. The molecule has 3 aromatic rings. The summed E-state index contributed by atoms with van der Waals surface area (Å²) in [6, 6.07) is 10.5. The molecule has 2 heterocycles. The van der Waals surface area contributed by atoms with Crippen LogP contribution in [0.3, 0.4) is 0 Å². The van der Waals surface area contributed by atoms with E-state index >= 15 is 0 Å². The number of aliphatic hydroxyl groups excluding tert-OH is 1. The summed E-state index contributed by atoms with van der Waals surface area (Å²) in [5, 5.41) is 42.3. The Morgan fingerprint density at radius 1 is 1.15 bits per heavy atom. The van der Waals surface area contributed by atoms with E-state index in [0.29, 0.717) is 35.7 Å². The number of phenolic OH excluding ortho intramolecular Hbond substituents is 1. The number of carbonyl (C=O) groups excluding carboxylic acids is 1. The topological polar surface area (TPSA) is 203 Å². The number of carboxylic acid groups (broad SMARTS) is 2. The Labute approximate surface area is 228 Å². The summed E-state index contributed by atoms with van der Waals surface area (Å²) in [4.78, 5) is 45.7. The molecule has 0 spiro atoms. The third kappa shape index (κ3) is 8.19. The molecule has 0 unspecified atom stereocenters. The molecule has 1 aliphatic rings. The number of hydrogen-bond donors (Lipinski definition) is 7. The van der Waals surface area contributed by atoms with Crippen LogP contribution in [0.1, 0.15) is 38.4 Å². The van der Waals surface area contributed by atoms with E-state index < -0.39 is 18.0 Å². The second-order valence-corrected chi connectivity index (χ2v) is 9.74. The van der Waals surface area contributed by atoms with E-state index in [2.05, 4.69) is 15.6 Å². The molecule has 1 atom stereocenters. The number of phenols is 1. The van der Waals surface area contributed by atoms with Crippen LogP contribution in [0.4, 0.5) is 5.69 Å². The molecular weight excluding hydrogens is 524 g/mol. The molecule has 4 rings (SSSR count). The van der Waals surface area contributed by atoms with Crippen LogP contribution in [-0.4, -0.2) is 66.5 Å². The number of imidazole rings is 1. The zero-order valence-electron chi connectivity index (χ0n) is 22.0. The van der Waals surface area contributed by atoms with Crippen LogP contribution >= 0.6 is 0 Å². The van der Waals surface area contributed by atoms with Crippen molar-refractivity contribution in [3.05, 3.63) is 64.6 Å². The highest BCUT2D eigenvalue weighted by atomic mass is 16.5. The molecule has 13 heteroatoms. The van der Waals surface area contributed by atoms with Crippen molar-refractivity contribution in [2.24, 2.45) is 0 Å². The molecule has 1 aromatic heterocycles. The Bertz CT molecular complexity index is 1460. The number of carbonyl (C=O) groups is 3. The number of aromatic nitrogens is 2. The Morgan fingerprint density at radius 3 is 2.50 bits per heavy atom. The number of anilines is 1. The molecule has 0 bridgehead atoms. The molecule has 0 saturated carbocycles. The van der Waals surface area contributed by atoms with E-state index in [9.17, 15) is 29.4 Å². The largest absolute Gasteiger partial charge is 0.508 e. The summed E-state index contributed by atoms with van der Waals surface area (Å²) in [7, 11) is 0. The van der Waals surface area contributed by atoms with Crippen molar-refractivity contribution >= 4 is 34.6 Å². The third-order valence-electron chi connectivity index (χ3n) is 6.09. The van der Waals surface area contributed by atoms with Crippen LogP contribution in [0.15, 0.2) is 53.3 Å². The molecule has 1 aliphatic heterocycles. The van der Waals surface area contributed by atoms with Crippen molar-refractivity contribution in [2.75, 3.05) is 18.5 Å². The number of aliphatic hydroxyl groups is 1. The first-order valence-corrected chi connectivity index (χ1v) is 12.4. The van der Waals surface area contributed by atoms with Crippen molar-refractivity contribution in [1.82, 2.24) is 14.9 Å². The number of benzene rings is 2. The van der Waals surface area contributed by atoms with Crippen molar-refractivity contribution < 1.29 is 39.5 Å². The van der Waals surface area contributed by atoms with Gasteiger partial charge in [0.2, 0.25) is 0 Å². The SMILES string of the molecule is CC(C)(CCCn1c(=O)[nH]c2ccccc21)NC[C@H](O)c1cc(O)cc2c1OCC(=O)N2.O=C(O)/C=C\C(=O)O. The van der Waals surface area contributed by atoms with E-state index in [-0.39, 0.29) is 36.0 Å². The molecule has 0 aliphatic carbocycles. The summed E-state index contributed by atoms with van der Waals surface area (Å²) >= 11 is 0. The Balaban J connectivity index is 0.000000482. The van der Waals surface area contributed by atoms with Gasteiger partial charge in [0.15, 0.2) is 6.61 Å². The zero-order chi connectivity index (χ0) is 29.4. The molecule has 2 aromatic carbocycles. The number of para-hydroxylation sites is 2. The number of aryl methyl sites for hydroxylation is 1. The number of ether oxygens (including phenoxy) is 1. The monoisotopic (exact) mass is 556 g/mol. The average Bonchev–Trinajstić information content (AvgIpc) is 3.20. The second-order valence-electron chi connectivity index (χ2n) is 9.74. The van der Waals surface area contributed by atoms with Crippen molar-refractivity contribution in [2.45, 2.75) is 44.9 Å². The summed E-state index contributed by atoms with van der Waals surface area (Å²) in [6.45, 7) is 4.75. The minimum Gasteiger partial charge on any atom is -0.508 e. The Kier molecular flexibility index (Phi) is 9.69. The van der Waals surface area contributed by atoms with Crippen molar-refractivity contribution in [3.8, 4) is 11.5 Å². The van der Waals surface area contributed by atoms with Gasteiger partial charge in [0.1, 0.15) is 11.5 Å². The maximum absolute atomic E-state index is 12.2. The maximum atomic E-state index is 12.2. The van der Waals surface area contributed by atoms with E-state index in [1.54, 1.807) is 4.57 Å². The standard InChI is InChI=1S/C23H28N4O5.C4H4O4/c1-23(2,8-5-9-27-18-7-4-3-6-16(18)26-22(27)31)24-12-19(29)15-10-14(28)11-17-21(15)32-13-20(30)25-17;5-3(6)1-2-4(7)8/h3-4,6-7,10-11,19,24,28-29H,5,8-9,12-13H2,1-2H3,(H,25,30)(H,26,31);1-2H,(H,5,6)(H,7,8)/b;2-1-/t19-;/m0./s1. The predicted octanol–water partition coefficient (Wildman–Crippen LogP) is 1.96. The summed E-state index contributed by atoms with van der Waals surface area (Å²) in [5.41, 5.74) is 2.05. The Hall–Kier alpha value is -4.62. The quantitative estimate of drug-likeness (QED) is 0.181. The molecule has 214 valence electrons. The van der Waals surface area contributed by atoms with Crippen LogP contribution in [0.2, 0.25) is 0 Å². The number of aromatic amines is 1. The zero-order valence-corrected chi connectivity index (χ0v) is 22.0. The molecule has 40 heavy (non-hydrogen) atoms. The van der Waals surface area contributed by atoms with Gasteiger partial charge in [0, 0.05) is 42.4 Å². The number of nitrogens with zero attached hydrogens (tertiary/aromatic N) is 1. The molecule has 0 fully saturated rings. The average molecular weight is 557 g/mol. The van der Waals surface area contributed by atoms with Gasteiger partial charge < -0.3 is 40.8 Å². The minimum atomic E-state index is -1.26. The molecule has 0 saturated heterocycles. The smallest absolute Gasteiger partial charge is 0.328 e. The lowest BCUT2D eigenvalue weighted by Gasteiger charge is -2.29. The number of hydrogen-bond acceptors (Lipinski definition) is 8. The summed E-state index contributed by atoms with van der Waals surface area (Å²) < 4.78 is 7.22. The fourth-order valence-corrected chi connectivity index (χ4v) is 4.18. The molecule has 1 amide bonds. The first-order valence-electron chi connectivity index (χ1n) is 12.4. The second kappa shape index (κ2) is 13.0. The number of carboxylic acids is 2. The van der Waals surface area contributed by atoms with Gasteiger partial charge in [-0.1, -0.05) is 12.1 Å². The number of amides is 1. The van der Waals surface area contributed by atoms with Gasteiger partial charge in [-0.25, -0.2) is 14.4 Å². The lowest BCUT2D eigenvalue weighted by Crippen LogP contribution is -2.42. The fourth-order valence-electron chi connectivity index (χ4n) is 4.18. The molecule has 13 nitrogen and oxygen atoms in total. The molecule has 7 N–H and O–H groups in total. The minimum absolute atomic E-state index is 0.0629. The van der Waals surface area contributed by atoms with Gasteiger partial charge >= 0.3 is 17.6 Å². The lowest BCUT2D eigenvalue weighted by molar-refractivity contribution is -0.134. The highest BCUT2D eigenvalue weighted by Gasteiger charge is 2.26. The van der Waals surface area contributed by atoms with Gasteiger partial charge in [0.25, 0.3) is 5.91 Å². The van der Waals surface area contributed by atoms with Crippen molar-refractivity contribution in [3.63, 3.8) is 0 Å². The Morgan fingerprint density at radius 2 is 1.82 bits per heavy atom. The summed E-state index contributed by atoms with van der Waals surface area (Å²) in [5.74, 6) is -2.52. The maximum Gasteiger partial charge on any atom is 0.328 e. The first-order chi connectivity index (χ1) is 18.9. The van der Waals surface area contributed by atoms with Gasteiger partial charge in [0.05, 0.1) is 22.8 Å². The van der Waals surface area contributed by atoms with E-state index in [1.165, 1.54) is 12.1 Å². The number of rotatable bonds is 10. The number of nitrogens with one attached hydrogen (secondary N) is 3. The number of H-pyrrole nitrogens is 1. The number of aliphatic carboxylic acids is 2. The number of aromatic hydroxyl groups is 1. The van der Waals surface area contributed by atoms with Crippen LogP contribution in [-0.2, 0) is 20.9 Å². The third-order valence-corrected chi connectivity index (χ3v) is 6.09. The van der Waals surface area contributed by atoms with Gasteiger partial charge in [-0.15, -0.1) is 0 Å². The van der Waals surface area contributed by atoms with E-state index in [4.69, 9.17) is 14.9 Å². The fraction of sp³-hybridized carbons (Fsp3) is 0.333. The summed E-state index contributed by atoms with van der Waals surface area (Å²) in [6.07, 6.45) is 1.72. The van der Waals surface area contributed by atoms with Crippen LogP contribution in [0.25, 0.3) is 11.0 Å². The van der Waals surface area contributed by atoms with Gasteiger partial charge in [-0.2, -0.15) is 0 Å². The van der Waals surface area contributed by atoms with Gasteiger partial charge in [-0.3, -0.25) is 9.36 Å². The van der Waals surface area contributed by atoms with Crippen LogP contribution < -0.4 is 21.1 Å². The normalized spacial score (nSPS) is 13.6. The van der Waals surface area contributed by atoms with Crippen LogP contribution in [0, 0.1) is 0 Å². The predicted molar refractivity (Wildman–Crippen MR) is 145 cm³/mol. The molecule has 0 radical (unpaired) electrons. The van der Waals surface area contributed by atoms with Crippen LogP contribution in [0.5, 0.6) is 11.5 Å². The van der Waals surface area contributed by atoms with E-state index in [1.807, 2.05) is 38.1 Å². The number of β-amino-alcohol motifs (C(OH)–C–C–N with tert-alkyl or cyclic N) is 1. The number of fused-ring (bicyclic) bond motifs is 2. The molecular formula is C27H32N4O9. The van der Waals surface area contributed by atoms with E-state index in [0.717, 1.165) is 23.9 Å². The lowest BCUT2D eigenvalue weighted by atomic mass is 9.97. The first kappa shape index (κ1) is 29.9.